The Bertz CT molecular complexity index is 1200. The van der Waals surface area contributed by atoms with Gasteiger partial charge >= 0.3 is 0 Å². The average Bonchev–Trinajstić information content (AvgIpc) is 2.74. The molecule has 0 aliphatic rings. The Labute approximate surface area is 174 Å². The first kappa shape index (κ1) is 18.9. The van der Waals surface area contributed by atoms with Crippen molar-refractivity contribution in [2.24, 2.45) is 0 Å². The predicted octanol–water partition coefficient (Wildman–Crippen LogP) is 7.56. The summed E-state index contributed by atoms with van der Waals surface area (Å²) in [5.41, 5.74) is 6.49. The van der Waals surface area contributed by atoms with Crippen molar-refractivity contribution >= 4 is 17.3 Å². The van der Waals surface area contributed by atoms with Crippen molar-refractivity contribution in [2.75, 3.05) is 0 Å². The smallest absolute Gasteiger partial charge is 0.258 e. The molecule has 0 saturated carbocycles. The van der Waals surface area contributed by atoms with Gasteiger partial charge in [-0.05, 0) is 64.6 Å². The maximum absolute atomic E-state index is 11.7. The molecule has 4 heteroatoms. The van der Waals surface area contributed by atoms with E-state index in [1.807, 2.05) is 55.5 Å². The van der Waals surface area contributed by atoms with Crippen molar-refractivity contribution in [3.8, 4) is 33.4 Å². The summed E-state index contributed by atoms with van der Waals surface area (Å²) in [6, 6.07) is 28.7. The van der Waals surface area contributed by atoms with Crippen LogP contribution in [0, 0.1) is 17.0 Å². The maximum Gasteiger partial charge on any atom is 0.277 e. The number of hydrogen-bond donors (Lipinski definition) is 0. The van der Waals surface area contributed by atoms with E-state index < -0.39 is 0 Å². The van der Waals surface area contributed by atoms with Crippen molar-refractivity contribution in [1.29, 1.82) is 0 Å². The molecule has 4 aromatic rings. The highest BCUT2D eigenvalue weighted by Crippen LogP contribution is 2.42. The van der Waals surface area contributed by atoms with Gasteiger partial charge in [-0.3, -0.25) is 10.1 Å². The Balaban J connectivity index is 2.05. The Morgan fingerprint density at radius 1 is 0.724 bits per heavy atom. The SMILES string of the molecule is Cc1cc(-c2ccccc2)cc(-c2cccc(Cl)c2)c1-c1ccccc1[N+](=O)[O-]. The Kier molecular flexibility index (Phi) is 5.15. The van der Waals surface area contributed by atoms with E-state index in [2.05, 4.69) is 24.3 Å². The normalized spacial score (nSPS) is 10.7. The summed E-state index contributed by atoms with van der Waals surface area (Å²) in [5.74, 6) is 0. The largest absolute Gasteiger partial charge is 0.277 e. The summed E-state index contributed by atoms with van der Waals surface area (Å²) in [7, 11) is 0. The van der Waals surface area contributed by atoms with Gasteiger partial charge in [0, 0.05) is 11.1 Å². The van der Waals surface area contributed by atoms with Crippen molar-refractivity contribution in [3.63, 3.8) is 0 Å². The topological polar surface area (TPSA) is 43.1 Å². The lowest BCUT2D eigenvalue weighted by molar-refractivity contribution is -0.384. The van der Waals surface area contributed by atoms with Crippen LogP contribution in [0.15, 0.2) is 91.0 Å². The second kappa shape index (κ2) is 7.90. The first-order valence-electron chi connectivity index (χ1n) is 9.24. The Morgan fingerprint density at radius 2 is 1.41 bits per heavy atom. The third-order valence-corrected chi connectivity index (χ3v) is 5.18. The van der Waals surface area contributed by atoms with Gasteiger partial charge in [0.1, 0.15) is 0 Å². The molecule has 142 valence electrons. The van der Waals surface area contributed by atoms with Crippen LogP contribution in [0.4, 0.5) is 5.69 Å². The van der Waals surface area contributed by atoms with E-state index in [9.17, 15) is 10.1 Å². The molecule has 0 unspecified atom stereocenters. The lowest BCUT2D eigenvalue weighted by Gasteiger charge is -2.17. The van der Waals surface area contributed by atoms with Gasteiger partial charge in [0.2, 0.25) is 0 Å². The van der Waals surface area contributed by atoms with Crippen molar-refractivity contribution < 1.29 is 4.92 Å². The zero-order valence-electron chi connectivity index (χ0n) is 15.8. The van der Waals surface area contributed by atoms with Crippen molar-refractivity contribution in [3.05, 3.63) is 112 Å². The van der Waals surface area contributed by atoms with E-state index in [-0.39, 0.29) is 10.6 Å². The highest BCUT2D eigenvalue weighted by Gasteiger charge is 2.20. The van der Waals surface area contributed by atoms with Crippen LogP contribution in [0.2, 0.25) is 5.02 Å². The summed E-state index contributed by atoms with van der Waals surface area (Å²) < 4.78 is 0. The van der Waals surface area contributed by atoms with Gasteiger partial charge in [0.25, 0.3) is 5.69 Å². The van der Waals surface area contributed by atoms with Gasteiger partial charge in [-0.2, -0.15) is 0 Å². The number of benzene rings is 4. The molecule has 0 radical (unpaired) electrons. The van der Waals surface area contributed by atoms with Gasteiger partial charge in [-0.15, -0.1) is 0 Å². The summed E-state index contributed by atoms with van der Waals surface area (Å²) in [6.07, 6.45) is 0. The monoisotopic (exact) mass is 399 g/mol. The van der Waals surface area contributed by atoms with E-state index in [0.29, 0.717) is 10.6 Å². The van der Waals surface area contributed by atoms with Gasteiger partial charge in [-0.25, -0.2) is 0 Å². The van der Waals surface area contributed by atoms with E-state index in [0.717, 1.165) is 33.4 Å². The van der Waals surface area contributed by atoms with Gasteiger partial charge in [-0.1, -0.05) is 72.3 Å². The molecule has 0 spiro atoms. The van der Waals surface area contributed by atoms with Crippen LogP contribution in [0.25, 0.3) is 33.4 Å². The third kappa shape index (κ3) is 3.78. The number of nitrogens with zero attached hydrogens (tertiary/aromatic N) is 1. The molecule has 0 heterocycles. The fourth-order valence-electron chi connectivity index (χ4n) is 3.67. The second-order valence-electron chi connectivity index (χ2n) is 6.87. The third-order valence-electron chi connectivity index (χ3n) is 4.95. The molecule has 0 atom stereocenters. The molecule has 0 saturated heterocycles. The quantitative estimate of drug-likeness (QED) is 0.262. The van der Waals surface area contributed by atoms with E-state index >= 15 is 0 Å². The predicted molar refractivity (Wildman–Crippen MR) is 119 cm³/mol. The van der Waals surface area contributed by atoms with Crippen LogP contribution in [0.5, 0.6) is 0 Å². The molecule has 0 bridgehead atoms. The fraction of sp³-hybridized carbons (Fsp3) is 0.0400. The molecule has 29 heavy (non-hydrogen) atoms. The summed E-state index contributed by atoms with van der Waals surface area (Å²) in [5, 5.41) is 12.3. The highest BCUT2D eigenvalue weighted by molar-refractivity contribution is 6.30. The zero-order chi connectivity index (χ0) is 20.4. The Morgan fingerprint density at radius 3 is 2.14 bits per heavy atom. The van der Waals surface area contributed by atoms with Crippen LogP contribution in [0.3, 0.4) is 0 Å². The molecular formula is C25H18ClNO2. The number of hydrogen-bond acceptors (Lipinski definition) is 2. The van der Waals surface area contributed by atoms with Crippen LogP contribution in [0.1, 0.15) is 5.56 Å². The number of nitro benzene ring substituents is 1. The van der Waals surface area contributed by atoms with Crippen LogP contribution in [-0.4, -0.2) is 4.92 Å². The summed E-state index contributed by atoms with van der Waals surface area (Å²) in [6.45, 7) is 1.99. The van der Waals surface area contributed by atoms with Crippen LogP contribution in [-0.2, 0) is 0 Å². The second-order valence-corrected chi connectivity index (χ2v) is 7.30. The van der Waals surface area contributed by atoms with E-state index in [1.165, 1.54) is 0 Å². The molecule has 0 fully saturated rings. The number of para-hydroxylation sites is 1. The van der Waals surface area contributed by atoms with Gasteiger partial charge in [0.15, 0.2) is 0 Å². The van der Waals surface area contributed by atoms with Crippen LogP contribution < -0.4 is 0 Å². The number of aryl methyl sites for hydroxylation is 1. The minimum absolute atomic E-state index is 0.0892. The molecule has 0 N–H and O–H groups in total. The highest BCUT2D eigenvalue weighted by atomic mass is 35.5. The number of halogens is 1. The molecule has 0 aromatic heterocycles. The lowest BCUT2D eigenvalue weighted by atomic mass is 9.87. The first-order chi connectivity index (χ1) is 14.0. The summed E-state index contributed by atoms with van der Waals surface area (Å²) >= 11 is 6.26. The minimum atomic E-state index is -0.332. The molecular weight excluding hydrogens is 382 g/mol. The molecule has 0 aliphatic carbocycles. The molecule has 4 aromatic carbocycles. The van der Waals surface area contributed by atoms with Crippen molar-refractivity contribution in [1.82, 2.24) is 0 Å². The fourth-order valence-corrected chi connectivity index (χ4v) is 3.86. The Hall–Kier alpha value is -3.43. The number of rotatable bonds is 4. The van der Waals surface area contributed by atoms with Crippen molar-refractivity contribution in [2.45, 2.75) is 6.92 Å². The molecule has 3 nitrogen and oxygen atoms in total. The summed E-state index contributed by atoms with van der Waals surface area (Å²) in [4.78, 5) is 11.3. The average molecular weight is 400 g/mol. The van der Waals surface area contributed by atoms with Gasteiger partial charge in [0.05, 0.1) is 10.5 Å². The minimum Gasteiger partial charge on any atom is -0.258 e. The van der Waals surface area contributed by atoms with Crippen LogP contribution >= 0.6 is 11.6 Å². The standard InChI is InChI=1S/C25H18ClNO2/c1-17-14-20(18-8-3-2-4-9-18)16-23(19-10-7-11-21(26)15-19)25(17)22-12-5-6-13-24(22)27(28)29/h2-16H,1H3. The molecule has 0 aliphatic heterocycles. The molecule has 4 rings (SSSR count). The molecule has 0 amide bonds. The van der Waals surface area contributed by atoms with E-state index in [4.69, 9.17) is 11.6 Å². The lowest BCUT2D eigenvalue weighted by Crippen LogP contribution is -1.96. The first-order valence-corrected chi connectivity index (χ1v) is 9.62. The number of nitro groups is 1. The van der Waals surface area contributed by atoms with Gasteiger partial charge < -0.3 is 0 Å². The maximum atomic E-state index is 11.7. The zero-order valence-corrected chi connectivity index (χ0v) is 16.6. The van der Waals surface area contributed by atoms with E-state index in [1.54, 1.807) is 18.2 Å².